The summed E-state index contributed by atoms with van der Waals surface area (Å²) in [7, 11) is -4.80. The zero-order chi connectivity index (χ0) is 19.5. The Balaban J connectivity index is 3.20. The number of esters is 1. The summed E-state index contributed by atoms with van der Waals surface area (Å²) in [5.74, 6) is -0.761. The van der Waals surface area contributed by atoms with E-state index < -0.39 is 36.7 Å². The highest BCUT2D eigenvalue weighted by Crippen LogP contribution is 2.64. The predicted octanol–water partition coefficient (Wildman–Crippen LogP) is 4.83. The number of benzene rings is 1. The second-order valence-corrected chi connectivity index (χ2v) is 9.19. The summed E-state index contributed by atoms with van der Waals surface area (Å²) >= 11 is 0. The first-order valence-electron chi connectivity index (χ1n) is 8.01. The Kier molecular flexibility index (Phi) is 6.76. The van der Waals surface area contributed by atoms with Gasteiger partial charge in [0, 0.05) is 5.41 Å². The van der Waals surface area contributed by atoms with E-state index in [9.17, 15) is 18.1 Å². The van der Waals surface area contributed by atoms with Gasteiger partial charge in [0.2, 0.25) is 0 Å². The van der Waals surface area contributed by atoms with Gasteiger partial charge in [0.1, 0.15) is 11.8 Å². The third-order valence-corrected chi connectivity index (χ3v) is 5.92. The molecule has 0 bridgehead atoms. The van der Waals surface area contributed by atoms with Crippen LogP contribution in [0.1, 0.15) is 41.5 Å². The zero-order valence-corrected chi connectivity index (χ0v) is 16.3. The van der Waals surface area contributed by atoms with Crippen LogP contribution in [0.4, 0.5) is 8.78 Å². The molecule has 25 heavy (non-hydrogen) atoms. The lowest BCUT2D eigenvalue weighted by Gasteiger charge is -2.37. The van der Waals surface area contributed by atoms with Gasteiger partial charge < -0.3 is 9.26 Å². The van der Waals surface area contributed by atoms with E-state index in [1.165, 1.54) is 39.8 Å². The molecular formula is C17H26F2NO4P. The van der Waals surface area contributed by atoms with Crippen molar-refractivity contribution in [2.75, 3.05) is 0 Å². The molecule has 1 N–H and O–H groups in total. The molecule has 0 heterocycles. The summed E-state index contributed by atoms with van der Waals surface area (Å²) < 4.78 is 53.2. The first kappa shape index (κ1) is 21.6. The lowest BCUT2D eigenvalue weighted by atomic mass is 9.97. The molecule has 1 aromatic carbocycles. The number of para-hydroxylation sites is 1. The van der Waals surface area contributed by atoms with Gasteiger partial charge >= 0.3 is 19.2 Å². The Morgan fingerprint density at radius 1 is 1.12 bits per heavy atom. The van der Waals surface area contributed by atoms with E-state index in [-0.39, 0.29) is 5.75 Å². The molecule has 0 spiro atoms. The van der Waals surface area contributed by atoms with Gasteiger partial charge in [0.15, 0.2) is 0 Å². The molecule has 0 aliphatic carbocycles. The van der Waals surface area contributed by atoms with Crippen LogP contribution in [0.5, 0.6) is 5.75 Å². The van der Waals surface area contributed by atoms with Gasteiger partial charge in [-0.3, -0.25) is 9.36 Å². The molecule has 5 nitrogen and oxygen atoms in total. The molecule has 0 aliphatic rings. The summed E-state index contributed by atoms with van der Waals surface area (Å²) in [5.41, 5.74) is -5.39. The maximum atomic E-state index is 14.9. The average Bonchev–Trinajstić information content (AvgIpc) is 2.46. The first-order valence-corrected chi connectivity index (χ1v) is 9.63. The summed E-state index contributed by atoms with van der Waals surface area (Å²) in [6, 6.07) is 6.44. The molecule has 0 amide bonds. The maximum absolute atomic E-state index is 14.9. The fourth-order valence-electron chi connectivity index (χ4n) is 1.88. The van der Waals surface area contributed by atoms with Crippen LogP contribution in [0.2, 0.25) is 0 Å². The van der Waals surface area contributed by atoms with Crippen molar-refractivity contribution >= 4 is 13.5 Å². The molecule has 1 unspecified atom stereocenters. The van der Waals surface area contributed by atoms with Crippen LogP contribution in [0.25, 0.3) is 0 Å². The first-order chi connectivity index (χ1) is 11.3. The second kappa shape index (κ2) is 7.83. The zero-order valence-electron chi connectivity index (χ0n) is 15.4. The minimum atomic E-state index is -4.80. The molecule has 2 atom stereocenters. The van der Waals surface area contributed by atoms with E-state index in [4.69, 9.17) is 9.26 Å². The molecule has 0 aliphatic heterocycles. The normalized spacial score (nSPS) is 16.2. The fraction of sp³-hybridized carbons (Fsp3) is 0.588. The second-order valence-electron chi connectivity index (χ2n) is 7.08. The SMILES string of the molecule is CC(C)OC(=O)[C@H](C)NP(=O)(Oc1ccccc1)C(F)(F)C(C)(C)C. The van der Waals surface area contributed by atoms with Gasteiger partial charge in [-0.25, -0.2) is 5.09 Å². The van der Waals surface area contributed by atoms with Crippen LogP contribution >= 0.6 is 7.52 Å². The molecule has 0 saturated carbocycles. The highest BCUT2D eigenvalue weighted by molar-refractivity contribution is 7.58. The van der Waals surface area contributed by atoms with E-state index in [0.717, 1.165) is 0 Å². The summed E-state index contributed by atoms with van der Waals surface area (Å²) in [6.45, 7) is 8.35. The molecule has 1 aromatic rings. The van der Waals surface area contributed by atoms with Crippen LogP contribution in [-0.2, 0) is 14.1 Å². The molecule has 0 aromatic heterocycles. The van der Waals surface area contributed by atoms with Crippen molar-refractivity contribution in [1.29, 1.82) is 0 Å². The van der Waals surface area contributed by atoms with Crippen molar-refractivity contribution in [2.24, 2.45) is 5.41 Å². The smallest absolute Gasteiger partial charge is 0.386 e. The van der Waals surface area contributed by atoms with Crippen LogP contribution in [0, 0.1) is 5.41 Å². The van der Waals surface area contributed by atoms with Crippen molar-refractivity contribution in [1.82, 2.24) is 5.09 Å². The topological polar surface area (TPSA) is 64.6 Å². The van der Waals surface area contributed by atoms with E-state index in [1.807, 2.05) is 0 Å². The maximum Gasteiger partial charge on any atom is 0.386 e. The van der Waals surface area contributed by atoms with Gasteiger partial charge in [-0.15, -0.1) is 0 Å². The number of alkyl halides is 2. The molecule has 142 valence electrons. The molecule has 0 fully saturated rings. The number of ether oxygens (including phenoxy) is 1. The van der Waals surface area contributed by atoms with Crippen molar-refractivity contribution in [3.8, 4) is 5.75 Å². The number of nitrogens with one attached hydrogen (secondary N) is 1. The monoisotopic (exact) mass is 377 g/mol. The summed E-state index contributed by atoms with van der Waals surface area (Å²) in [4.78, 5) is 12.0. The van der Waals surface area contributed by atoms with Crippen molar-refractivity contribution < 1.29 is 27.4 Å². The molecule has 1 rings (SSSR count). The van der Waals surface area contributed by atoms with Gasteiger partial charge in [0.05, 0.1) is 6.10 Å². The lowest BCUT2D eigenvalue weighted by molar-refractivity contribution is -0.149. The molecule has 8 heteroatoms. The number of hydrogen-bond donors (Lipinski definition) is 1. The van der Waals surface area contributed by atoms with Crippen molar-refractivity contribution in [2.45, 2.75) is 59.4 Å². The van der Waals surface area contributed by atoms with E-state index in [2.05, 4.69) is 5.09 Å². The van der Waals surface area contributed by atoms with Gasteiger partial charge in [-0.05, 0) is 32.9 Å². The number of halogens is 2. The van der Waals surface area contributed by atoms with Gasteiger partial charge in [-0.1, -0.05) is 39.0 Å². The third-order valence-electron chi connectivity index (χ3n) is 3.32. The summed E-state index contributed by atoms with van der Waals surface area (Å²) in [6.07, 6.45) is -0.422. The number of hydrogen-bond acceptors (Lipinski definition) is 4. The third kappa shape index (κ3) is 5.25. The minimum absolute atomic E-state index is 0.0201. The fourth-order valence-corrected chi connectivity index (χ4v) is 4.12. The Morgan fingerprint density at radius 2 is 1.64 bits per heavy atom. The lowest BCUT2D eigenvalue weighted by Crippen LogP contribution is -2.45. The number of rotatable bonds is 7. The molecular weight excluding hydrogens is 351 g/mol. The quantitative estimate of drug-likeness (QED) is 0.545. The van der Waals surface area contributed by atoms with Gasteiger partial charge in [-0.2, -0.15) is 8.78 Å². The highest BCUT2D eigenvalue weighted by Gasteiger charge is 2.61. The minimum Gasteiger partial charge on any atom is -0.462 e. The summed E-state index contributed by atoms with van der Waals surface area (Å²) in [5, 5.41) is 2.20. The Bertz CT molecular complexity index is 629. The van der Waals surface area contributed by atoms with Crippen LogP contribution in [0.15, 0.2) is 30.3 Å². The van der Waals surface area contributed by atoms with Crippen LogP contribution in [-0.4, -0.2) is 23.8 Å². The van der Waals surface area contributed by atoms with Crippen molar-refractivity contribution in [3.63, 3.8) is 0 Å². The van der Waals surface area contributed by atoms with E-state index in [0.29, 0.717) is 0 Å². The van der Waals surface area contributed by atoms with Crippen LogP contribution < -0.4 is 9.61 Å². The average molecular weight is 377 g/mol. The van der Waals surface area contributed by atoms with Gasteiger partial charge in [0.25, 0.3) is 0 Å². The number of carbonyl (C=O) groups excluding carboxylic acids is 1. The van der Waals surface area contributed by atoms with E-state index in [1.54, 1.807) is 32.0 Å². The Hall–Kier alpha value is -1.46. The Labute approximate surface area is 147 Å². The largest absolute Gasteiger partial charge is 0.462 e. The van der Waals surface area contributed by atoms with Crippen LogP contribution in [0.3, 0.4) is 0 Å². The van der Waals surface area contributed by atoms with E-state index >= 15 is 0 Å². The molecule has 0 radical (unpaired) electrons. The number of carbonyl (C=O) groups is 1. The standard InChI is InChI=1S/C17H26F2NO4P/c1-12(2)23-15(21)13(3)20-25(22,17(18,19)16(4,5)6)24-14-10-8-7-9-11-14/h7-13H,1-6H3,(H,20,22)/t13-,25?/m0/s1. The molecule has 0 saturated heterocycles. The highest BCUT2D eigenvalue weighted by atomic mass is 31.2. The van der Waals surface area contributed by atoms with Crippen molar-refractivity contribution in [3.05, 3.63) is 30.3 Å². The Morgan fingerprint density at radius 3 is 2.08 bits per heavy atom. The predicted molar refractivity (Wildman–Crippen MR) is 92.9 cm³/mol.